The van der Waals surface area contributed by atoms with Crippen LogP contribution in [-0.2, 0) is 16.3 Å². The summed E-state index contributed by atoms with van der Waals surface area (Å²) in [7, 11) is -3.16. The Kier molecular flexibility index (Phi) is 4.26. The van der Waals surface area contributed by atoms with E-state index in [4.69, 9.17) is 11.6 Å². The molecular formula is C9H13ClN4O3S2. The number of sulfone groups is 1. The molecule has 0 aromatic carbocycles. The van der Waals surface area contributed by atoms with Gasteiger partial charge in [0.25, 0.3) is 0 Å². The Hall–Kier alpha value is -0.930. The Labute approximate surface area is 119 Å². The van der Waals surface area contributed by atoms with Crippen molar-refractivity contribution >= 4 is 43.9 Å². The average molecular weight is 325 g/mol. The normalized spacial score (nSPS) is 25.2. The lowest BCUT2D eigenvalue weighted by Gasteiger charge is -2.13. The highest BCUT2D eigenvalue weighted by molar-refractivity contribution is 7.91. The minimum absolute atomic E-state index is 0.113. The number of carbonyl (C=O) groups excluding carboxylic acids is 1. The molecule has 1 aromatic heterocycles. The first-order valence-corrected chi connectivity index (χ1v) is 8.71. The number of hydrogen-bond donors (Lipinski definition) is 2. The van der Waals surface area contributed by atoms with Crippen LogP contribution >= 0.6 is 22.9 Å². The maximum absolute atomic E-state index is 11.7. The van der Waals surface area contributed by atoms with E-state index in [-0.39, 0.29) is 11.5 Å². The Morgan fingerprint density at radius 3 is 2.74 bits per heavy atom. The Bertz CT molecular complexity index is 574. The first-order valence-electron chi connectivity index (χ1n) is 5.64. The van der Waals surface area contributed by atoms with Gasteiger partial charge in [0.1, 0.15) is 5.01 Å². The zero-order chi connectivity index (χ0) is 14.0. The number of nitrogens with zero attached hydrogens (tertiary/aromatic N) is 2. The molecule has 2 rings (SSSR count). The molecule has 0 saturated carbocycles. The lowest BCUT2D eigenvalue weighted by Crippen LogP contribution is -2.42. The summed E-state index contributed by atoms with van der Waals surface area (Å²) in [6.07, 6.45) is 0.742. The summed E-state index contributed by atoms with van der Waals surface area (Å²) in [4.78, 5) is 11.7. The minimum atomic E-state index is -3.16. The topological polar surface area (TPSA) is 101 Å². The summed E-state index contributed by atoms with van der Waals surface area (Å²) >= 11 is 7.16. The minimum Gasteiger partial charge on any atom is -0.333 e. The quantitative estimate of drug-likeness (QED) is 0.794. The van der Waals surface area contributed by atoms with Gasteiger partial charge in [-0.2, -0.15) is 0 Å². The third-order valence-corrected chi connectivity index (χ3v) is 5.95. The zero-order valence-electron chi connectivity index (χ0n) is 10.1. The van der Waals surface area contributed by atoms with Crippen LogP contribution in [0, 0.1) is 0 Å². The predicted octanol–water partition coefficient (Wildman–Crippen LogP) is 0.626. The number of anilines is 1. The molecule has 1 aromatic rings. The number of rotatable bonds is 3. The molecule has 0 unspecified atom stereocenters. The van der Waals surface area contributed by atoms with Gasteiger partial charge in [-0.15, -0.1) is 21.8 Å². The standard InChI is InChI=1S/C9H13ClN4O3S2/c1-2-7-13-14-9(18-7)12-8(15)11-6-4-19(16,17)3-5(6)10/h5-6H,2-4H2,1H3,(H2,11,12,14,15)/t5-,6-/m1/s1. The van der Waals surface area contributed by atoms with Crippen LogP contribution in [0.5, 0.6) is 0 Å². The van der Waals surface area contributed by atoms with Crippen molar-refractivity contribution in [2.45, 2.75) is 24.8 Å². The predicted molar refractivity (Wildman–Crippen MR) is 73.5 cm³/mol. The van der Waals surface area contributed by atoms with E-state index in [9.17, 15) is 13.2 Å². The molecule has 2 heterocycles. The summed E-state index contributed by atoms with van der Waals surface area (Å²) < 4.78 is 22.7. The maximum Gasteiger partial charge on any atom is 0.321 e. The molecule has 2 amide bonds. The molecule has 0 radical (unpaired) electrons. The molecule has 0 spiro atoms. The lowest BCUT2D eigenvalue weighted by atomic mass is 10.2. The largest absolute Gasteiger partial charge is 0.333 e. The van der Waals surface area contributed by atoms with Gasteiger partial charge >= 0.3 is 6.03 Å². The van der Waals surface area contributed by atoms with Gasteiger partial charge in [0.15, 0.2) is 9.84 Å². The fourth-order valence-electron chi connectivity index (χ4n) is 1.69. The van der Waals surface area contributed by atoms with Crippen molar-refractivity contribution in [3.05, 3.63) is 5.01 Å². The smallest absolute Gasteiger partial charge is 0.321 e. The molecule has 1 saturated heterocycles. The van der Waals surface area contributed by atoms with Gasteiger partial charge in [0, 0.05) is 0 Å². The maximum atomic E-state index is 11.7. The fraction of sp³-hybridized carbons (Fsp3) is 0.667. The highest BCUT2D eigenvalue weighted by atomic mass is 35.5. The average Bonchev–Trinajstić information content (AvgIpc) is 2.83. The van der Waals surface area contributed by atoms with Gasteiger partial charge < -0.3 is 5.32 Å². The van der Waals surface area contributed by atoms with E-state index in [0.29, 0.717) is 5.13 Å². The molecule has 10 heteroatoms. The Morgan fingerprint density at radius 1 is 1.47 bits per heavy atom. The summed E-state index contributed by atoms with van der Waals surface area (Å²) in [5.41, 5.74) is 0. The Balaban J connectivity index is 1.91. The summed E-state index contributed by atoms with van der Waals surface area (Å²) in [5, 5.41) is 13.3. The number of carbonyl (C=O) groups is 1. The van der Waals surface area contributed by atoms with Crippen molar-refractivity contribution in [2.75, 3.05) is 16.8 Å². The second-order valence-corrected chi connectivity index (χ2v) is 7.93. The lowest BCUT2D eigenvalue weighted by molar-refractivity contribution is 0.249. The first-order chi connectivity index (χ1) is 8.89. The SMILES string of the molecule is CCc1nnc(NC(=O)N[C@@H]2CS(=O)(=O)C[C@H]2Cl)s1. The fourth-order valence-corrected chi connectivity index (χ4v) is 4.91. The van der Waals surface area contributed by atoms with Gasteiger partial charge in [-0.25, -0.2) is 13.2 Å². The van der Waals surface area contributed by atoms with Crippen LogP contribution in [-0.4, -0.2) is 47.6 Å². The summed E-state index contributed by atoms with van der Waals surface area (Å²) in [6.45, 7) is 1.94. The van der Waals surface area contributed by atoms with Crippen LogP contribution in [0.3, 0.4) is 0 Å². The highest BCUT2D eigenvalue weighted by Gasteiger charge is 2.37. The van der Waals surface area contributed by atoms with Crippen molar-refractivity contribution < 1.29 is 13.2 Å². The van der Waals surface area contributed by atoms with Gasteiger partial charge in [-0.3, -0.25) is 5.32 Å². The molecule has 0 bridgehead atoms. The van der Waals surface area contributed by atoms with E-state index in [1.165, 1.54) is 11.3 Å². The van der Waals surface area contributed by atoms with E-state index in [2.05, 4.69) is 20.8 Å². The van der Waals surface area contributed by atoms with Crippen LogP contribution in [0.25, 0.3) is 0 Å². The van der Waals surface area contributed by atoms with Crippen molar-refractivity contribution in [3.8, 4) is 0 Å². The van der Waals surface area contributed by atoms with Crippen molar-refractivity contribution in [1.29, 1.82) is 0 Å². The van der Waals surface area contributed by atoms with Gasteiger partial charge in [-0.05, 0) is 6.42 Å². The van der Waals surface area contributed by atoms with Gasteiger partial charge in [-0.1, -0.05) is 18.3 Å². The molecule has 1 fully saturated rings. The van der Waals surface area contributed by atoms with Crippen molar-refractivity contribution in [3.63, 3.8) is 0 Å². The van der Waals surface area contributed by atoms with E-state index in [1.807, 2.05) is 6.92 Å². The Morgan fingerprint density at radius 2 is 2.21 bits per heavy atom. The van der Waals surface area contributed by atoms with Crippen LogP contribution in [0.1, 0.15) is 11.9 Å². The van der Waals surface area contributed by atoms with Crippen molar-refractivity contribution in [2.24, 2.45) is 0 Å². The molecule has 1 aliphatic heterocycles. The van der Waals surface area contributed by atoms with Crippen LogP contribution in [0.2, 0.25) is 0 Å². The summed E-state index contributed by atoms with van der Waals surface area (Å²) in [6, 6.07) is -1.10. The number of nitrogens with one attached hydrogen (secondary N) is 2. The number of hydrogen-bond acceptors (Lipinski definition) is 6. The van der Waals surface area contributed by atoms with E-state index >= 15 is 0 Å². The number of aromatic nitrogens is 2. The van der Waals surface area contributed by atoms with Gasteiger partial charge in [0.2, 0.25) is 5.13 Å². The number of aryl methyl sites for hydroxylation is 1. The zero-order valence-corrected chi connectivity index (χ0v) is 12.5. The molecule has 106 valence electrons. The molecule has 1 aliphatic rings. The summed E-state index contributed by atoms with van der Waals surface area (Å²) in [5.74, 6) is -0.247. The van der Waals surface area contributed by atoms with E-state index < -0.39 is 27.3 Å². The molecule has 0 aliphatic carbocycles. The van der Waals surface area contributed by atoms with Crippen LogP contribution < -0.4 is 10.6 Å². The molecule has 2 atom stereocenters. The van der Waals surface area contributed by atoms with Crippen molar-refractivity contribution in [1.82, 2.24) is 15.5 Å². The number of urea groups is 1. The van der Waals surface area contributed by atoms with Crippen LogP contribution in [0.4, 0.5) is 9.93 Å². The van der Waals surface area contributed by atoms with Gasteiger partial charge in [0.05, 0.1) is 22.9 Å². The second kappa shape index (κ2) is 5.59. The number of halogens is 1. The van der Waals surface area contributed by atoms with E-state index in [0.717, 1.165) is 11.4 Å². The van der Waals surface area contributed by atoms with Crippen LogP contribution in [0.15, 0.2) is 0 Å². The number of alkyl halides is 1. The third kappa shape index (κ3) is 3.77. The molecule has 19 heavy (non-hydrogen) atoms. The first kappa shape index (κ1) is 14.5. The molecule has 2 N–H and O–H groups in total. The monoisotopic (exact) mass is 324 g/mol. The molecular weight excluding hydrogens is 312 g/mol. The second-order valence-electron chi connectivity index (χ2n) is 4.15. The highest BCUT2D eigenvalue weighted by Crippen LogP contribution is 2.19. The molecule has 7 nitrogen and oxygen atoms in total. The number of amides is 2. The van der Waals surface area contributed by atoms with E-state index in [1.54, 1.807) is 0 Å². The third-order valence-electron chi connectivity index (χ3n) is 2.59.